The molecule has 0 aliphatic carbocycles. The maximum atomic E-state index is 10.8. The normalized spacial score (nSPS) is 16.8. The van der Waals surface area contributed by atoms with Crippen molar-refractivity contribution < 1.29 is 4.92 Å². The molecular formula is C9H12ClN5O2. The third-order valence-corrected chi connectivity index (χ3v) is 2.74. The van der Waals surface area contributed by atoms with E-state index in [2.05, 4.69) is 15.4 Å². The molecule has 1 N–H and O–H groups in total. The lowest BCUT2D eigenvalue weighted by atomic mass is 10.2. The number of aromatic nitrogens is 2. The van der Waals surface area contributed by atoms with Crippen LogP contribution >= 0.6 is 11.6 Å². The first-order valence-electron chi connectivity index (χ1n) is 5.35. The van der Waals surface area contributed by atoms with Crippen LogP contribution in [0.3, 0.4) is 0 Å². The van der Waals surface area contributed by atoms with Gasteiger partial charge in [-0.2, -0.15) is 4.98 Å². The summed E-state index contributed by atoms with van der Waals surface area (Å²) in [4.78, 5) is 17.7. The highest BCUT2D eigenvalue weighted by Gasteiger charge is 2.20. The van der Waals surface area contributed by atoms with Crippen LogP contribution in [0.2, 0.25) is 5.28 Å². The van der Waals surface area contributed by atoms with Gasteiger partial charge < -0.3 is 0 Å². The second-order valence-electron chi connectivity index (χ2n) is 3.79. The molecule has 8 heteroatoms. The Bertz CT molecular complexity index is 422. The summed E-state index contributed by atoms with van der Waals surface area (Å²) in [5.74, 6) is 0.150. The Morgan fingerprint density at radius 3 is 2.76 bits per heavy atom. The Balaban J connectivity index is 2.17. The van der Waals surface area contributed by atoms with Gasteiger partial charge >= 0.3 is 5.69 Å². The molecule has 17 heavy (non-hydrogen) atoms. The highest BCUT2D eigenvalue weighted by Crippen LogP contribution is 2.23. The minimum atomic E-state index is -0.525. The number of halogens is 1. The van der Waals surface area contributed by atoms with Crippen LogP contribution in [0.5, 0.6) is 0 Å². The average molecular weight is 258 g/mol. The number of nitro groups is 1. The summed E-state index contributed by atoms with van der Waals surface area (Å²) in [5, 5.41) is 12.7. The Morgan fingerprint density at radius 2 is 2.12 bits per heavy atom. The molecule has 1 aliphatic rings. The molecule has 92 valence electrons. The van der Waals surface area contributed by atoms with Crippen LogP contribution in [0.1, 0.15) is 19.3 Å². The highest BCUT2D eigenvalue weighted by molar-refractivity contribution is 6.28. The highest BCUT2D eigenvalue weighted by atomic mass is 35.5. The Hall–Kier alpha value is -1.47. The molecule has 0 atom stereocenters. The van der Waals surface area contributed by atoms with Crippen molar-refractivity contribution in [3.63, 3.8) is 0 Å². The van der Waals surface area contributed by atoms with Gasteiger partial charge in [-0.3, -0.25) is 15.5 Å². The van der Waals surface area contributed by atoms with Crippen LogP contribution in [-0.4, -0.2) is 33.0 Å². The van der Waals surface area contributed by atoms with Crippen molar-refractivity contribution in [1.82, 2.24) is 15.0 Å². The molecule has 0 amide bonds. The van der Waals surface area contributed by atoms with Crippen molar-refractivity contribution in [3.8, 4) is 0 Å². The van der Waals surface area contributed by atoms with Crippen molar-refractivity contribution in [1.29, 1.82) is 0 Å². The first-order valence-corrected chi connectivity index (χ1v) is 5.73. The first-order chi connectivity index (χ1) is 8.16. The summed E-state index contributed by atoms with van der Waals surface area (Å²) >= 11 is 5.64. The van der Waals surface area contributed by atoms with Crippen LogP contribution in [0.25, 0.3) is 0 Å². The molecule has 1 aromatic rings. The number of piperidine rings is 1. The molecule has 1 aromatic heterocycles. The molecule has 7 nitrogen and oxygen atoms in total. The average Bonchev–Trinajstić information content (AvgIpc) is 2.30. The maximum absolute atomic E-state index is 10.8. The number of hydrogen-bond donors (Lipinski definition) is 1. The van der Waals surface area contributed by atoms with Gasteiger partial charge in [0.2, 0.25) is 11.1 Å². The summed E-state index contributed by atoms with van der Waals surface area (Å²) in [6.45, 7) is 1.69. The molecule has 1 saturated heterocycles. The fraction of sp³-hybridized carbons (Fsp3) is 0.556. The van der Waals surface area contributed by atoms with E-state index in [0.29, 0.717) is 0 Å². The lowest BCUT2D eigenvalue weighted by Crippen LogP contribution is -2.35. The second-order valence-corrected chi connectivity index (χ2v) is 4.13. The molecule has 1 fully saturated rings. The fourth-order valence-corrected chi connectivity index (χ4v) is 1.86. The van der Waals surface area contributed by atoms with E-state index in [0.717, 1.165) is 32.1 Å². The minimum Gasteiger partial charge on any atom is -0.297 e. The smallest absolute Gasteiger partial charge is 0.297 e. The van der Waals surface area contributed by atoms with E-state index < -0.39 is 4.92 Å². The molecular weight excluding hydrogens is 246 g/mol. The van der Waals surface area contributed by atoms with Crippen LogP contribution < -0.4 is 5.43 Å². The number of nitrogens with zero attached hydrogens (tertiary/aromatic N) is 4. The number of nitrogens with one attached hydrogen (secondary N) is 1. The number of anilines is 1. The first kappa shape index (κ1) is 12.0. The third-order valence-electron chi connectivity index (χ3n) is 2.56. The Labute approximate surface area is 103 Å². The summed E-state index contributed by atoms with van der Waals surface area (Å²) < 4.78 is 0. The van der Waals surface area contributed by atoms with E-state index in [-0.39, 0.29) is 16.8 Å². The molecule has 2 rings (SSSR count). The van der Waals surface area contributed by atoms with Gasteiger partial charge in [-0.15, -0.1) is 0 Å². The lowest BCUT2D eigenvalue weighted by molar-refractivity contribution is -0.384. The minimum absolute atomic E-state index is 0.00453. The van der Waals surface area contributed by atoms with Gasteiger partial charge in [0.25, 0.3) is 0 Å². The fourth-order valence-electron chi connectivity index (χ4n) is 1.73. The van der Waals surface area contributed by atoms with Crippen LogP contribution in [-0.2, 0) is 0 Å². The predicted octanol–water partition coefficient (Wildman–Crippen LogP) is 1.85. The zero-order chi connectivity index (χ0) is 12.3. The van der Waals surface area contributed by atoms with E-state index >= 15 is 0 Å². The van der Waals surface area contributed by atoms with Gasteiger partial charge in [-0.05, 0) is 24.4 Å². The second kappa shape index (κ2) is 5.24. The van der Waals surface area contributed by atoms with E-state index in [4.69, 9.17) is 11.6 Å². The van der Waals surface area contributed by atoms with Gasteiger partial charge in [-0.25, -0.2) is 9.99 Å². The molecule has 0 saturated carbocycles. The topological polar surface area (TPSA) is 84.2 Å². The number of rotatable bonds is 3. The monoisotopic (exact) mass is 257 g/mol. The zero-order valence-electron chi connectivity index (χ0n) is 9.10. The largest absolute Gasteiger partial charge is 0.330 e. The summed E-state index contributed by atoms with van der Waals surface area (Å²) in [5.41, 5.74) is 2.76. The van der Waals surface area contributed by atoms with Gasteiger partial charge in [0.15, 0.2) is 0 Å². The van der Waals surface area contributed by atoms with Crippen molar-refractivity contribution >= 4 is 23.1 Å². The van der Waals surface area contributed by atoms with Gasteiger partial charge in [0.1, 0.15) is 6.20 Å². The molecule has 0 aromatic carbocycles. The summed E-state index contributed by atoms with van der Waals surface area (Å²) in [6, 6.07) is 0. The van der Waals surface area contributed by atoms with Crippen molar-refractivity contribution in [2.45, 2.75) is 19.3 Å². The van der Waals surface area contributed by atoms with Crippen LogP contribution in [0.15, 0.2) is 6.20 Å². The van der Waals surface area contributed by atoms with Crippen molar-refractivity contribution in [2.75, 3.05) is 18.5 Å². The predicted molar refractivity (Wildman–Crippen MR) is 62.7 cm³/mol. The number of hydrazine groups is 1. The van der Waals surface area contributed by atoms with Gasteiger partial charge in [-0.1, -0.05) is 6.42 Å². The Morgan fingerprint density at radius 1 is 1.41 bits per heavy atom. The van der Waals surface area contributed by atoms with E-state index in [1.807, 2.05) is 5.01 Å². The van der Waals surface area contributed by atoms with Gasteiger partial charge in [0, 0.05) is 13.1 Å². The maximum Gasteiger partial charge on any atom is 0.330 e. The molecule has 2 heterocycles. The summed E-state index contributed by atoms with van der Waals surface area (Å²) in [7, 11) is 0. The standard InChI is InChI=1S/C9H12ClN5O2/c10-9-11-6-7(15(16)17)8(12-9)13-14-4-2-1-3-5-14/h6H,1-5H2,(H,11,12,13). The van der Waals surface area contributed by atoms with E-state index in [1.54, 1.807) is 0 Å². The Kier molecular flexibility index (Phi) is 3.70. The van der Waals surface area contributed by atoms with Crippen molar-refractivity contribution in [2.24, 2.45) is 0 Å². The molecule has 0 spiro atoms. The molecule has 0 bridgehead atoms. The summed E-state index contributed by atoms with van der Waals surface area (Å²) in [6.07, 6.45) is 4.44. The van der Waals surface area contributed by atoms with Crippen LogP contribution in [0.4, 0.5) is 11.5 Å². The van der Waals surface area contributed by atoms with Gasteiger partial charge in [0.05, 0.1) is 4.92 Å². The van der Waals surface area contributed by atoms with E-state index in [1.165, 1.54) is 6.42 Å². The SMILES string of the molecule is O=[N+]([O-])c1cnc(Cl)nc1NN1CCCCC1. The van der Waals surface area contributed by atoms with E-state index in [9.17, 15) is 10.1 Å². The quantitative estimate of drug-likeness (QED) is 0.505. The van der Waals surface area contributed by atoms with Crippen LogP contribution in [0, 0.1) is 10.1 Å². The molecule has 0 radical (unpaired) electrons. The third kappa shape index (κ3) is 3.01. The lowest BCUT2D eigenvalue weighted by Gasteiger charge is -2.26. The molecule has 1 aliphatic heterocycles. The zero-order valence-corrected chi connectivity index (χ0v) is 9.85. The van der Waals surface area contributed by atoms with Crippen molar-refractivity contribution in [3.05, 3.63) is 21.6 Å². The molecule has 0 unspecified atom stereocenters. The number of hydrogen-bond acceptors (Lipinski definition) is 6.